The number of benzene rings is 1. The van der Waals surface area contributed by atoms with Gasteiger partial charge in [0.2, 0.25) is 5.89 Å². The second kappa shape index (κ2) is 5.79. The van der Waals surface area contributed by atoms with Crippen LogP contribution in [0.25, 0.3) is 0 Å². The summed E-state index contributed by atoms with van der Waals surface area (Å²) in [7, 11) is 1.52. The lowest BCUT2D eigenvalue weighted by Gasteiger charge is -2.17. The minimum absolute atomic E-state index is 0.227. The predicted molar refractivity (Wildman–Crippen MR) is 67.2 cm³/mol. The summed E-state index contributed by atoms with van der Waals surface area (Å²) in [6, 6.07) is 4.53. The monoisotopic (exact) mass is 265 g/mol. The molecule has 0 saturated carbocycles. The van der Waals surface area contributed by atoms with E-state index in [9.17, 15) is 4.39 Å². The maximum atomic E-state index is 13.8. The topological polar surface area (TPSA) is 60.2 Å². The van der Waals surface area contributed by atoms with Gasteiger partial charge < -0.3 is 14.6 Å². The second-order valence-electron chi connectivity index (χ2n) is 4.19. The number of aromatic nitrogens is 2. The van der Waals surface area contributed by atoms with Crippen molar-refractivity contribution >= 4 is 0 Å². The summed E-state index contributed by atoms with van der Waals surface area (Å²) >= 11 is 0. The van der Waals surface area contributed by atoms with Crippen molar-refractivity contribution in [2.75, 3.05) is 7.11 Å². The molecule has 0 bridgehead atoms. The van der Waals surface area contributed by atoms with Gasteiger partial charge in [0.25, 0.3) is 0 Å². The van der Waals surface area contributed by atoms with E-state index < -0.39 is 0 Å². The van der Waals surface area contributed by atoms with Gasteiger partial charge >= 0.3 is 0 Å². The molecule has 0 spiro atoms. The average molecular weight is 265 g/mol. The number of methoxy groups -OCH3 is 1. The zero-order chi connectivity index (χ0) is 13.8. The van der Waals surface area contributed by atoms with Crippen LogP contribution in [0.5, 0.6) is 5.75 Å². The minimum Gasteiger partial charge on any atom is -0.496 e. The number of halogens is 1. The van der Waals surface area contributed by atoms with Crippen molar-refractivity contribution < 1.29 is 13.7 Å². The highest BCUT2D eigenvalue weighted by molar-refractivity contribution is 5.36. The van der Waals surface area contributed by atoms with Gasteiger partial charge in [0.15, 0.2) is 5.82 Å². The highest BCUT2D eigenvalue weighted by Gasteiger charge is 2.16. The molecule has 5 nitrogen and oxygen atoms in total. The maximum Gasteiger partial charge on any atom is 0.223 e. The molecule has 2 rings (SSSR count). The van der Waals surface area contributed by atoms with E-state index in [2.05, 4.69) is 15.5 Å². The van der Waals surface area contributed by atoms with Crippen LogP contribution in [0.4, 0.5) is 4.39 Å². The van der Waals surface area contributed by atoms with E-state index in [4.69, 9.17) is 9.26 Å². The van der Waals surface area contributed by atoms with E-state index in [0.29, 0.717) is 29.6 Å². The van der Waals surface area contributed by atoms with Gasteiger partial charge in [0.05, 0.1) is 13.7 Å². The standard InChI is InChI=1S/C13H16FN3O2/c1-8(15-7-12-16-9(2)19-17-12)13-10(14)5-4-6-11(13)18-3/h4-6,8,15H,7H2,1-3H3/t8-/m1/s1. The average Bonchev–Trinajstić information content (AvgIpc) is 2.81. The lowest BCUT2D eigenvalue weighted by molar-refractivity contribution is 0.380. The van der Waals surface area contributed by atoms with E-state index in [-0.39, 0.29) is 11.9 Å². The molecule has 0 aliphatic rings. The molecule has 1 aromatic carbocycles. The molecule has 0 fully saturated rings. The van der Waals surface area contributed by atoms with Gasteiger partial charge in [0.1, 0.15) is 11.6 Å². The van der Waals surface area contributed by atoms with Crippen LogP contribution >= 0.6 is 0 Å². The fourth-order valence-electron chi connectivity index (χ4n) is 1.88. The number of hydrogen-bond acceptors (Lipinski definition) is 5. The number of aryl methyl sites for hydroxylation is 1. The normalized spacial score (nSPS) is 12.4. The summed E-state index contributed by atoms with van der Waals surface area (Å²) in [5.41, 5.74) is 0.491. The number of nitrogens with one attached hydrogen (secondary N) is 1. The highest BCUT2D eigenvalue weighted by atomic mass is 19.1. The third-order valence-electron chi connectivity index (χ3n) is 2.80. The van der Waals surface area contributed by atoms with E-state index in [1.165, 1.54) is 13.2 Å². The summed E-state index contributed by atoms with van der Waals surface area (Å²) in [4.78, 5) is 4.08. The Morgan fingerprint density at radius 2 is 2.26 bits per heavy atom. The van der Waals surface area contributed by atoms with Gasteiger partial charge in [-0.2, -0.15) is 4.98 Å². The molecule has 1 aromatic heterocycles. The third kappa shape index (κ3) is 3.08. The van der Waals surface area contributed by atoms with E-state index in [1.807, 2.05) is 6.92 Å². The first-order valence-electron chi connectivity index (χ1n) is 5.96. The molecule has 1 heterocycles. The Balaban J connectivity index is 2.09. The Labute approximate surface area is 110 Å². The second-order valence-corrected chi connectivity index (χ2v) is 4.19. The van der Waals surface area contributed by atoms with Crippen LogP contribution in [0.2, 0.25) is 0 Å². The molecule has 2 aromatic rings. The van der Waals surface area contributed by atoms with Gasteiger partial charge in [0, 0.05) is 18.5 Å². The van der Waals surface area contributed by atoms with Crippen LogP contribution in [0.15, 0.2) is 22.7 Å². The summed E-state index contributed by atoms with van der Waals surface area (Å²) in [5, 5.41) is 6.91. The van der Waals surface area contributed by atoms with Gasteiger partial charge in [-0.25, -0.2) is 4.39 Å². The summed E-state index contributed by atoms with van der Waals surface area (Å²) < 4.78 is 23.9. The first kappa shape index (κ1) is 13.5. The molecular weight excluding hydrogens is 249 g/mol. The van der Waals surface area contributed by atoms with Gasteiger partial charge in [-0.05, 0) is 19.1 Å². The number of rotatable bonds is 5. The molecular formula is C13H16FN3O2. The van der Waals surface area contributed by atoms with Crippen LogP contribution in [0, 0.1) is 12.7 Å². The smallest absolute Gasteiger partial charge is 0.223 e. The molecule has 0 radical (unpaired) electrons. The Bertz CT molecular complexity index is 557. The summed E-state index contributed by atoms with van der Waals surface area (Å²) in [6.45, 7) is 3.98. The van der Waals surface area contributed by atoms with Crippen molar-refractivity contribution in [3.63, 3.8) is 0 Å². The van der Waals surface area contributed by atoms with E-state index >= 15 is 0 Å². The van der Waals surface area contributed by atoms with Crippen LogP contribution in [-0.2, 0) is 6.54 Å². The van der Waals surface area contributed by atoms with Gasteiger partial charge in [-0.15, -0.1) is 0 Å². The Morgan fingerprint density at radius 1 is 1.47 bits per heavy atom. The summed E-state index contributed by atoms with van der Waals surface area (Å²) in [6.07, 6.45) is 0. The molecule has 0 aliphatic carbocycles. The van der Waals surface area contributed by atoms with Crippen LogP contribution in [-0.4, -0.2) is 17.3 Å². The molecule has 102 valence electrons. The molecule has 0 unspecified atom stereocenters. The number of nitrogens with zero attached hydrogens (tertiary/aromatic N) is 2. The fraction of sp³-hybridized carbons (Fsp3) is 0.385. The first-order chi connectivity index (χ1) is 9.11. The Hall–Kier alpha value is -1.95. The fourth-order valence-corrected chi connectivity index (χ4v) is 1.88. The summed E-state index contributed by atoms with van der Waals surface area (Å²) in [5.74, 6) is 1.26. The van der Waals surface area contributed by atoms with E-state index in [0.717, 1.165) is 0 Å². The lowest BCUT2D eigenvalue weighted by Crippen LogP contribution is -2.20. The molecule has 6 heteroatoms. The van der Waals surface area contributed by atoms with Crippen LogP contribution in [0.3, 0.4) is 0 Å². The lowest BCUT2D eigenvalue weighted by atomic mass is 10.1. The highest BCUT2D eigenvalue weighted by Crippen LogP contribution is 2.27. The van der Waals surface area contributed by atoms with Gasteiger partial charge in [-0.3, -0.25) is 0 Å². The maximum absolute atomic E-state index is 13.8. The van der Waals surface area contributed by atoms with Crippen molar-refractivity contribution in [1.29, 1.82) is 0 Å². The quantitative estimate of drug-likeness (QED) is 0.899. The Kier molecular flexibility index (Phi) is 4.11. The molecule has 1 atom stereocenters. The molecule has 1 N–H and O–H groups in total. The SMILES string of the molecule is COc1cccc(F)c1[C@@H](C)NCc1noc(C)n1. The number of ether oxygens (including phenoxy) is 1. The van der Waals surface area contributed by atoms with Crippen molar-refractivity contribution in [2.24, 2.45) is 0 Å². The first-order valence-corrected chi connectivity index (χ1v) is 5.96. The van der Waals surface area contributed by atoms with Gasteiger partial charge in [-0.1, -0.05) is 11.2 Å². The minimum atomic E-state index is -0.302. The zero-order valence-electron chi connectivity index (χ0n) is 11.1. The molecule has 0 amide bonds. The van der Waals surface area contributed by atoms with Crippen LogP contribution < -0.4 is 10.1 Å². The Morgan fingerprint density at radius 3 is 2.89 bits per heavy atom. The zero-order valence-corrected chi connectivity index (χ0v) is 11.1. The third-order valence-corrected chi connectivity index (χ3v) is 2.80. The van der Waals surface area contributed by atoms with E-state index in [1.54, 1.807) is 19.1 Å². The molecule has 19 heavy (non-hydrogen) atoms. The van der Waals surface area contributed by atoms with Crippen LogP contribution in [0.1, 0.15) is 30.2 Å². The molecule has 0 aliphatic heterocycles. The van der Waals surface area contributed by atoms with Crippen molar-refractivity contribution in [3.05, 3.63) is 41.3 Å². The predicted octanol–water partition coefficient (Wildman–Crippen LogP) is 2.38. The van der Waals surface area contributed by atoms with Crippen molar-refractivity contribution in [1.82, 2.24) is 15.5 Å². The van der Waals surface area contributed by atoms with Crippen molar-refractivity contribution in [2.45, 2.75) is 26.4 Å². The number of hydrogen-bond donors (Lipinski definition) is 1. The van der Waals surface area contributed by atoms with Crippen molar-refractivity contribution in [3.8, 4) is 5.75 Å². The largest absolute Gasteiger partial charge is 0.496 e. The molecule has 0 saturated heterocycles.